The van der Waals surface area contributed by atoms with Crippen LogP contribution in [0.1, 0.15) is 90.9 Å². The summed E-state index contributed by atoms with van der Waals surface area (Å²) >= 11 is 0. The third-order valence-corrected chi connectivity index (χ3v) is 3.30. The summed E-state index contributed by atoms with van der Waals surface area (Å²) in [5.41, 5.74) is 0. The summed E-state index contributed by atoms with van der Waals surface area (Å²) in [5, 5.41) is 0. The Morgan fingerprint density at radius 3 is 1.56 bits per heavy atom. The lowest BCUT2D eigenvalue weighted by Gasteiger charge is -1.97. The van der Waals surface area contributed by atoms with Crippen LogP contribution in [0.25, 0.3) is 0 Å². The van der Waals surface area contributed by atoms with E-state index in [9.17, 15) is 0 Å². The van der Waals surface area contributed by atoms with Gasteiger partial charge in [0.15, 0.2) is 0 Å². The standard InChI is InChI=1S/C18H34/c1-3-5-7-9-11-13-15-17-18-16-14-12-10-8-6-4-2/h11,13,17-18H,3-10,12,14-16H2,1-2H3/b13-11-,18-17+. The van der Waals surface area contributed by atoms with Crippen LogP contribution >= 0.6 is 0 Å². The van der Waals surface area contributed by atoms with Crippen molar-refractivity contribution in [3.8, 4) is 0 Å². The maximum absolute atomic E-state index is 2.36. The predicted octanol–water partition coefficient (Wildman–Crippen LogP) is 6.82. The van der Waals surface area contributed by atoms with Crippen LogP contribution in [0.15, 0.2) is 24.3 Å². The van der Waals surface area contributed by atoms with Crippen LogP contribution < -0.4 is 0 Å². The Morgan fingerprint density at radius 1 is 0.500 bits per heavy atom. The van der Waals surface area contributed by atoms with Crippen molar-refractivity contribution in [2.45, 2.75) is 90.9 Å². The van der Waals surface area contributed by atoms with Crippen molar-refractivity contribution in [3.63, 3.8) is 0 Å². The molecule has 0 heteroatoms. The summed E-state index contributed by atoms with van der Waals surface area (Å²) in [6, 6.07) is 0. The van der Waals surface area contributed by atoms with E-state index in [0.29, 0.717) is 0 Å². The van der Waals surface area contributed by atoms with Gasteiger partial charge in [-0.3, -0.25) is 0 Å². The fourth-order valence-corrected chi connectivity index (χ4v) is 2.06. The molecule has 18 heavy (non-hydrogen) atoms. The van der Waals surface area contributed by atoms with Crippen molar-refractivity contribution in [1.82, 2.24) is 0 Å². The minimum absolute atomic E-state index is 1.13. The van der Waals surface area contributed by atoms with Crippen LogP contribution in [0.4, 0.5) is 0 Å². The first-order chi connectivity index (χ1) is 8.91. The van der Waals surface area contributed by atoms with Gasteiger partial charge in [-0.15, -0.1) is 0 Å². The molecule has 0 rings (SSSR count). The highest BCUT2D eigenvalue weighted by molar-refractivity contribution is 4.92. The molecule has 0 aromatic heterocycles. The predicted molar refractivity (Wildman–Crippen MR) is 85.0 cm³/mol. The van der Waals surface area contributed by atoms with Crippen molar-refractivity contribution >= 4 is 0 Å². The lowest BCUT2D eigenvalue weighted by Crippen LogP contribution is -1.77. The fraction of sp³-hybridized carbons (Fsp3) is 0.778. The maximum atomic E-state index is 2.36. The van der Waals surface area contributed by atoms with E-state index in [4.69, 9.17) is 0 Å². The van der Waals surface area contributed by atoms with Crippen molar-refractivity contribution in [1.29, 1.82) is 0 Å². The minimum atomic E-state index is 1.13. The normalized spacial score (nSPS) is 11.9. The topological polar surface area (TPSA) is 0 Å². The molecule has 0 atom stereocenters. The zero-order valence-electron chi connectivity index (χ0n) is 12.8. The van der Waals surface area contributed by atoms with Crippen molar-refractivity contribution in [2.75, 3.05) is 0 Å². The molecule has 0 N–H and O–H groups in total. The van der Waals surface area contributed by atoms with E-state index in [1.165, 1.54) is 70.6 Å². The van der Waals surface area contributed by atoms with Crippen LogP contribution in [0.5, 0.6) is 0 Å². The molecule has 0 aliphatic carbocycles. The molecule has 0 saturated carbocycles. The van der Waals surface area contributed by atoms with Crippen molar-refractivity contribution < 1.29 is 0 Å². The highest BCUT2D eigenvalue weighted by Crippen LogP contribution is 2.07. The summed E-state index contributed by atoms with van der Waals surface area (Å²) in [7, 11) is 0. The zero-order valence-corrected chi connectivity index (χ0v) is 12.8. The van der Waals surface area contributed by atoms with Crippen LogP contribution in [0, 0.1) is 0 Å². The average molecular weight is 250 g/mol. The smallest absolute Gasteiger partial charge is 0.0169 e. The van der Waals surface area contributed by atoms with Crippen molar-refractivity contribution in [3.05, 3.63) is 24.3 Å². The second-order valence-corrected chi connectivity index (χ2v) is 5.23. The quantitative estimate of drug-likeness (QED) is 0.248. The molecule has 0 spiro atoms. The van der Waals surface area contributed by atoms with E-state index in [1.54, 1.807) is 0 Å². The van der Waals surface area contributed by atoms with Gasteiger partial charge in [-0.05, 0) is 32.1 Å². The SMILES string of the molecule is CCCCC/C=C\C/C=C/CCCCCCCC. The number of unbranched alkanes of at least 4 members (excludes halogenated alkanes) is 9. The molecule has 0 amide bonds. The highest BCUT2D eigenvalue weighted by Gasteiger charge is 1.87. The van der Waals surface area contributed by atoms with Gasteiger partial charge in [-0.25, -0.2) is 0 Å². The molecule has 0 radical (unpaired) electrons. The molecule has 0 unspecified atom stereocenters. The number of rotatable bonds is 13. The Kier molecular flexibility index (Phi) is 16.0. The highest BCUT2D eigenvalue weighted by atomic mass is 13.9. The molecule has 0 nitrogen and oxygen atoms in total. The molecule has 0 aliphatic rings. The third-order valence-electron chi connectivity index (χ3n) is 3.30. The Morgan fingerprint density at radius 2 is 0.944 bits per heavy atom. The van der Waals surface area contributed by atoms with Gasteiger partial charge >= 0.3 is 0 Å². The zero-order chi connectivity index (χ0) is 13.3. The van der Waals surface area contributed by atoms with E-state index in [0.717, 1.165) is 6.42 Å². The van der Waals surface area contributed by atoms with E-state index in [2.05, 4.69) is 38.2 Å². The van der Waals surface area contributed by atoms with Crippen LogP contribution in [0.2, 0.25) is 0 Å². The first-order valence-corrected chi connectivity index (χ1v) is 8.21. The Bertz CT molecular complexity index is 188. The Balaban J connectivity index is 3.13. The lowest BCUT2D eigenvalue weighted by atomic mass is 10.1. The number of hydrogen-bond donors (Lipinski definition) is 0. The van der Waals surface area contributed by atoms with Crippen LogP contribution in [-0.2, 0) is 0 Å². The van der Waals surface area contributed by atoms with Gasteiger partial charge in [-0.2, -0.15) is 0 Å². The molecule has 106 valence electrons. The van der Waals surface area contributed by atoms with Gasteiger partial charge < -0.3 is 0 Å². The second kappa shape index (κ2) is 16.5. The van der Waals surface area contributed by atoms with Gasteiger partial charge in [0, 0.05) is 0 Å². The van der Waals surface area contributed by atoms with Gasteiger partial charge in [0.05, 0.1) is 0 Å². The van der Waals surface area contributed by atoms with Gasteiger partial charge in [0.2, 0.25) is 0 Å². The largest absolute Gasteiger partial charge is 0.0882 e. The van der Waals surface area contributed by atoms with Gasteiger partial charge in [0.25, 0.3) is 0 Å². The monoisotopic (exact) mass is 250 g/mol. The summed E-state index contributed by atoms with van der Waals surface area (Å²) < 4.78 is 0. The average Bonchev–Trinajstić information content (AvgIpc) is 2.39. The van der Waals surface area contributed by atoms with Gasteiger partial charge in [-0.1, -0.05) is 83.1 Å². The van der Waals surface area contributed by atoms with E-state index < -0.39 is 0 Å². The lowest BCUT2D eigenvalue weighted by molar-refractivity contribution is 0.611. The Labute approximate surface area is 116 Å². The molecule has 0 heterocycles. The second-order valence-electron chi connectivity index (χ2n) is 5.23. The van der Waals surface area contributed by atoms with E-state index in [-0.39, 0.29) is 0 Å². The molecule has 0 fully saturated rings. The molecule has 0 aromatic carbocycles. The summed E-state index contributed by atoms with van der Waals surface area (Å²) in [5.74, 6) is 0. The molecule has 0 aliphatic heterocycles. The minimum Gasteiger partial charge on any atom is -0.0882 e. The third kappa shape index (κ3) is 15.5. The maximum Gasteiger partial charge on any atom is -0.0169 e. The first-order valence-electron chi connectivity index (χ1n) is 8.21. The Hall–Kier alpha value is -0.520. The molecular weight excluding hydrogens is 216 g/mol. The van der Waals surface area contributed by atoms with E-state index in [1.807, 2.05) is 0 Å². The summed E-state index contributed by atoms with van der Waals surface area (Å²) in [4.78, 5) is 0. The van der Waals surface area contributed by atoms with Crippen molar-refractivity contribution in [2.24, 2.45) is 0 Å². The van der Waals surface area contributed by atoms with Crippen LogP contribution in [0.3, 0.4) is 0 Å². The van der Waals surface area contributed by atoms with Gasteiger partial charge in [0.1, 0.15) is 0 Å². The fourth-order valence-electron chi connectivity index (χ4n) is 2.06. The molecule has 0 aromatic rings. The number of allylic oxidation sites excluding steroid dienone is 4. The van der Waals surface area contributed by atoms with E-state index >= 15 is 0 Å². The number of hydrogen-bond acceptors (Lipinski definition) is 0. The molecular formula is C18H34. The molecule has 0 saturated heterocycles. The molecule has 0 bridgehead atoms. The summed E-state index contributed by atoms with van der Waals surface area (Å²) in [6.45, 7) is 4.53. The van der Waals surface area contributed by atoms with Crippen LogP contribution in [-0.4, -0.2) is 0 Å². The first kappa shape index (κ1) is 17.5. The summed E-state index contributed by atoms with van der Waals surface area (Å²) in [6.07, 6.45) is 25.5.